The number of aromatic nitrogens is 6. The highest BCUT2D eigenvalue weighted by molar-refractivity contribution is 5.63. The van der Waals surface area contributed by atoms with Gasteiger partial charge in [0.1, 0.15) is 11.4 Å². The summed E-state index contributed by atoms with van der Waals surface area (Å²) >= 11 is 0. The fourth-order valence-corrected chi connectivity index (χ4v) is 3.56. The van der Waals surface area contributed by atoms with Crippen LogP contribution >= 0.6 is 0 Å². The highest BCUT2D eigenvalue weighted by atomic mass is 19.3. The minimum absolute atomic E-state index is 0.0134. The van der Waals surface area contributed by atoms with Crippen molar-refractivity contribution in [3.05, 3.63) is 52.0 Å². The molecule has 4 heterocycles. The van der Waals surface area contributed by atoms with Crippen molar-refractivity contribution < 1.29 is 13.3 Å². The van der Waals surface area contributed by atoms with Gasteiger partial charge in [0.2, 0.25) is 5.82 Å². The number of aromatic amines is 1. The van der Waals surface area contributed by atoms with E-state index in [0.29, 0.717) is 0 Å². The third-order valence-corrected chi connectivity index (χ3v) is 4.87. The van der Waals surface area contributed by atoms with Crippen molar-refractivity contribution in [2.24, 2.45) is 0 Å². The van der Waals surface area contributed by atoms with Gasteiger partial charge in [0.15, 0.2) is 5.65 Å². The molecule has 0 spiro atoms. The fraction of sp³-hybridized carbons (Fsp3) is 0.278. The molecule has 4 aromatic rings. The van der Waals surface area contributed by atoms with Gasteiger partial charge >= 0.3 is 0 Å². The second kappa shape index (κ2) is 6.32. The summed E-state index contributed by atoms with van der Waals surface area (Å²) in [6.45, 7) is 0. The highest BCUT2D eigenvalue weighted by Crippen LogP contribution is 2.31. The lowest BCUT2D eigenvalue weighted by atomic mass is 9.95. The first-order valence-corrected chi connectivity index (χ1v) is 8.81. The van der Waals surface area contributed by atoms with Crippen LogP contribution in [-0.2, 0) is 12.8 Å². The summed E-state index contributed by atoms with van der Waals surface area (Å²) < 4.78 is 33.6. The number of halogens is 2. The van der Waals surface area contributed by atoms with Crippen LogP contribution in [0.15, 0.2) is 34.0 Å². The molecule has 0 saturated heterocycles. The van der Waals surface area contributed by atoms with E-state index in [4.69, 9.17) is 4.52 Å². The zero-order chi connectivity index (χ0) is 19.3. The molecular weight excluding hydrogens is 370 g/mol. The predicted octanol–water partition coefficient (Wildman–Crippen LogP) is 2.95. The average Bonchev–Trinajstić information content (AvgIpc) is 3.32. The van der Waals surface area contributed by atoms with Gasteiger partial charge in [0.25, 0.3) is 17.9 Å². The summed E-state index contributed by atoms with van der Waals surface area (Å²) in [7, 11) is 0. The molecule has 5 rings (SSSR count). The summed E-state index contributed by atoms with van der Waals surface area (Å²) in [6.07, 6.45) is 5.23. The van der Waals surface area contributed by atoms with Crippen LogP contribution in [0.25, 0.3) is 28.6 Å². The quantitative estimate of drug-likeness (QED) is 0.583. The van der Waals surface area contributed by atoms with Crippen LogP contribution in [-0.4, -0.2) is 29.5 Å². The SMILES string of the molecule is O=c1[nH]c2c(cc1-c1noc(-c3c(C(F)F)nc4cnccn34)n1)CCCC2. The maximum absolute atomic E-state index is 13.5. The topological polar surface area (TPSA) is 102 Å². The molecule has 1 aliphatic rings. The summed E-state index contributed by atoms with van der Waals surface area (Å²) in [5, 5.41) is 3.85. The molecule has 0 aliphatic heterocycles. The first-order valence-electron chi connectivity index (χ1n) is 8.81. The molecule has 0 bridgehead atoms. The maximum atomic E-state index is 13.5. The lowest BCUT2D eigenvalue weighted by molar-refractivity contribution is 0.147. The van der Waals surface area contributed by atoms with Gasteiger partial charge in [0, 0.05) is 18.1 Å². The molecule has 0 aromatic carbocycles. The Morgan fingerprint density at radius 2 is 2.07 bits per heavy atom. The van der Waals surface area contributed by atoms with Gasteiger partial charge in [0.05, 0.1) is 11.8 Å². The molecule has 0 unspecified atom stereocenters. The van der Waals surface area contributed by atoms with Gasteiger partial charge in [-0.25, -0.2) is 13.8 Å². The minimum atomic E-state index is -2.84. The van der Waals surface area contributed by atoms with Gasteiger partial charge in [-0.15, -0.1) is 0 Å². The van der Waals surface area contributed by atoms with Crippen LogP contribution in [0.3, 0.4) is 0 Å². The lowest BCUT2D eigenvalue weighted by Crippen LogP contribution is -2.17. The molecule has 0 saturated carbocycles. The van der Waals surface area contributed by atoms with Gasteiger partial charge in [-0.05, 0) is 37.3 Å². The van der Waals surface area contributed by atoms with Gasteiger partial charge < -0.3 is 9.51 Å². The zero-order valence-corrected chi connectivity index (χ0v) is 14.5. The monoisotopic (exact) mass is 384 g/mol. The van der Waals surface area contributed by atoms with Gasteiger partial charge in [-0.2, -0.15) is 4.98 Å². The van der Waals surface area contributed by atoms with Gasteiger partial charge in [-0.1, -0.05) is 5.16 Å². The molecule has 0 fully saturated rings. The van der Waals surface area contributed by atoms with Crippen LogP contribution in [0, 0.1) is 0 Å². The average molecular weight is 384 g/mol. The van der Waals surface area contributed by atoms with E-state index in [1.54, 1.807) is 6.07 Å². The fourth-order valence-electron chi connectivity index (χ4n) is 3.56. The maximum Gasteiger partial charge on any atom is 0.282 e. The molecule has 8 nitrogen and oxygen atoms in total. The molecule has 4 aromatic heterocycles. The Labute approximate surface area is 156 Å². The van der Waals surface area contributed by atoms with Crippen LogP contribution in [0.5, 0.6) is 0 Å². The Kier molecular flexibility index (Phi) is 3.78. The largest absolute Gasteiger partial charge is 0.332 e. The Morgan fingerprint density at radius 3 is 2.93 bits per heavy atom. The molecular formula is C18H14F2N6O2. The molecule has 28 heavy (non-hydrogen) atoms. The molecule has 1 N–H and O–H groups in total. The number of alkyl halides is 2. The van der Waals surface area contributed by atoms with Crippen LogP contribution < -0.4 is 5.56 Å². The second-order valence-electron chi connectivity index (χ2n) is 6.60. The summed E-state index contributed by atoms with van der Waals surface area (Å²) in [5.41, 5.74) is 1.63. The molecule has 0 radical (unpaired) electrons. The van der Waals surface area contributed by atoms with E-state index in [0.717, 1.165) is 36.9 Å². The Morgan fingerprint density at radius 1 is 1.21 bits per heavy atom. The predicted molar refractivity (Wildman–Crippen MR) is 93.9 cm³/mol. The van der Waals surface area contributed by atoms with E-state index >= 15 is 0 Å². The van der Waals surface area contributed by atoms with Crippen molar-refractivity contribution in [3.63, 3.8) is 0 Å². The standard InChI is InChI=1S/C18H14F2N6O2/c19-15(20)13-14(26-6-5-21-8-12(26)23-13)18-24-16(25-28-18)10-7-9-3-1-2-4-11(9)22-17(10)27/h5-8,15H,1-4H2,(H,22,27). The van der Waals surface area contributed by atoms with E-state index in [1.807, 2.05) is 0 Å². The number of H-pyrrole nitrogens is 1. The first kappa shape index (κ1) is 16.7. The third-order valence-electron chi connectivity index (χ3n) is 4.87. The van der Waals surface area contributed by atoms with E-state index in [1.165, 1.54) is 23.0 Å². The number of pyridine rings is 1. The number of hydrogen-bond acceptors (Lipinski definition) is 6. The third kappa shape index (κ3) is 2.60. The van der Waals surface area contributed by atoms with Crippen molar-refractivity contribution >= 4 is 5.65 Å². The summed E-state index contributed by atoms with van der Waals surface area (Å²) in [5.74, 6) is -0.0880. The van der Waals surface area contributed by atoms with E-state index in [-0.39, 0.29) is 34.2 Å². The Balaban J connectivity index is 1.64. The molecule has 0 atom stereocenters. The number of aryl methyl sites for hydroxylation is 2. The van der Waals surface area contributed by atoms with Crippen molar-refractivity contribution in [1.29, 1.82) is 0 Å². The molecule has 1 aliphatic carbocycles. The van der Waals surface area contributed by atoms with Gasteiger partial charge in [-0.3, -0.25) is 14.2 Å². The molecule has 0 amide bonds. The van der Waals surface area contributed by atoms with Crippen LogP contribution in [0.4, 0.5) is 8.78 Å². The van der Waals surface area contributed by atoms with Crippen LogP contribution in [0.2, 0.25) is 0 Å². The number of nitrogens with one attached hydrogen (secondary N) is 1. The van der Waals surface area contributed by atoms with Crippen molar-refractivity contribution in [2.45, 2.75) is 32.1 Å². The number of fused-ring (bicyclic) bond motifs is 2. The van der Waals surface area contributed by atoms with Crippen molar-refractivity contribution in [2.75, 3.05) is 0 Å². The van der Waals surface area contributed by atoms with Crippen molar-refractivity contribution in [3.8, 4) is 23.0 Å². The number of nitrogens with zero attached hydrogens (tertiary/aromatic N) is 5. The lowest BCUT2D eigenvalue weighted by Gasteiger charge is -2.15. The Bertz CT molecular complexity index is 1240. The van der Waals surface area contributed by atoms with Crippen LogP contribution in [0.1, 0.15) is 36.2 Å². The molecule has 10 heteroatoms. The minimum Gasteiger partial charge on any atom is -0.332 e. The normalized spacial score (nSPS) is 14.0. The van der Waals surface area contributed by atoms with E-state index < -0.39 is 12.1 Å². The number of rotatable bonds is 3. The van der Waals surface area contributed by atoms with E-state index in [9.17, 15) is 13.6 Å². The number of hydrogen-bond donors (Lipinski definition) is 1. The van der Waals surface area contributed by atoms with Crippen molar-refractivity contribution in [1.82, 2.24) is 29.5 Å². The first-order chi connectivity index (χ1) is 13.6. The highest BCUT2D eigenvalue weighted by Gasteiger charge is 2.26. The summed E-state index contributed by atoms with van der Waals surface area (Å²) in [4.78, 5) is 27.3. The smallest absolute Gasteiger partial charge is 0.282 e. The van der Waals surface area contributed by atoms with E-state index in [2.05, 4.69) is 25.1 Å². The second-order valence-corrected chi connectivity index (χ2v) is 6.60. The zero-order valence-electron chi connectivity index (χ0n) is 14.5. The molecule has 142 valence electrons. The summed E-state index contributed by atoms with van der Waals surface area (Å²) in [6, 6.07) is 1.76. The number of imidazole rings is 1. The Hall–Kier alpha value is -3.43.